The van der Waals surface area contributed by atoms with Crippen molar-refractivity contribution in [3.63, 3.8) is 0 Å². The van der Waals surface area contributed by atoms with E-state index in [9.17, 15) is 8.78 Å². The highest BCUT2D eigenvalue weighted by atomic mass is 79.9. The Morgan fingerprint density at radius 3 is 2.72 bits per heavy atom. The first-order valence-corrected chi connectivity index (χ1v) is 5.91. The van der Waals surface area contributed by atoms with Crippen LogP contribution in [0.2, 0.25) is 0 Å². The van der Waals surface area contributed by atoms with Crippen molar-refractivity contribution < 1.29 is 8.78 Å². The molecule has 0 radical (unpaired) electrons. The Balaban J connectivity index is 2.43. The van der Waals surface area contributed by atoms with Crippen molar-refractivity contribution in [2.45, 2.75) is 6.92 Å². The molecule has 0 unspecified atom stereocenters. The lowest BCUT2D eigenvalue weighted by atomic mass is 10.2. The predicted octanol–water partition coefficient (Wildman–Crippen LogP) is 3.76. The molecule has 0 atom stereocenters. The summed E-state index contributed by atoms with van der Waals surface area (Å²) in [4.78, 5) is 4.02. The number of nitrogens with one attached hydrogen (secondary N) is 1. The Morgan fingerprint density at radius 2 is 2.06 bits per heavy atom. The van der Waals surface area contributed by atoms with Crippen molar-refractivity contribution in [3.05, 3.63) is 46.1 Å². The van der Waals surface area contributed by atoms with Crippen molar-refractivity contribution in [2.75, 3.05) is 11.1 Å². The average Bonchev–Trinajstić information content (AvgIpc) is 2.28. The van der Waals surface area contributed by atoms with Crippen LogP contribution in [0.1, 0.15) is 5.56 Å². The number of benzene rings is 1. The molecule has 0 saturated carbocycles. The zero-order valence-electron chi connectivity index (χ0n) is 9.47. The van der Waals surface area contributed by atoms with E-state index >= 15 is 0 Å². The van der Waals surface area contributed by atoms with Gasteiger partial charge >= 0.3 is 0 Å². The molecule has 3 nitrogen and oxygen atoms in total. The largest absolute Gasteiger partial charge is 0.396 e. The van der Waals surface area contributed by atoms with Crippen LogP contribution in [-0.4, -0.2) is 4.98 Å². The van der Waals surface area contributed by atoms with Crippen molar-refractivity contribution in [3.8, 4) is 0 Å². The summed E-state index contributed by atoms with van der Waals surface area (Å²) in [6.07, 6.45) is 1.56. The Labute approximate surface area is 111 Å². The predicted molar refractivity (Wildman–Crippen MR) is 70.7 cm³/mol. The van der Waals surface area contributed by atoms with Gasteiger partial charge in [-0.05, 0) is 40.5 Å². The van der Waals surface area contributed by atoms with E-state index in [1.54, 1.807) is 12.3 Å². The Morgan fingerprint density at radius 1 is 1.33 bits per heavy atom. The van der Waals surface area contributed by atoms with Crippen LogP contribution in [0.25, 0.3) is 0 Å². The first-order valence-electron chi connectivity index (χ1n) is 5.11. The first kappa shape index (κ1) is 12.8. The minimum Gasteiger partial charge on any atom is -0.396 e. The third kappa shape index (κ3) is 2.43. The van der Waals surface area contributed by atoms with Gasteiger partial charge in [0.25, 0.3) is 0 Å². The maximum absolute atomic E-state index is 13.6. The molecule has 0 bridgehead atoms. The van der Waals surface area contributed by atoms with Crippen LogP contribution in [0.4, 0.5) is 26.0 Å². The normalized spacial score (nSPS) is 10.4. The smallest absolute Gasteiger partial charge is 0.153 e. The molecule has 0 fully saturated rings. The summed E-state index contributed by atoms with van der Waals surface area (Å²) in [6.45, 7) is 1.82. The molecule has 94 valence electrons. The Bertz CT molecular complexity index is 579. The molecule has 0 aliphatic carbocycles. The van der Waals surface area contributed by atoms with E-state index in [2.05, 4.69) is 26.2 Å². The van der Waals surface area contributed by atoms with Crippen molar-refractivity contribution in [2.24, 2.45) is 0 Å². The third-order valence-electron chi connectivity index (χ3n) is 2.46. The molecule has 0 aliphatic rings. The molecule has 0 aliphatic heterocycles. The van der Waals surface area contributed by atoms with Gasteiger partial charge in [0.05, 0.1) is 11.4 Å². The topological polar surface area (TPSA) is 50.9 Å². The van der Waals surface area contributed by atoms with E-state index in [0.717, 1.165) is 17.7 Å². The van der Waals surface area contributed by atoms with E-state index in [-0.39, 0.29) is 10.2 Å². The second-order valence-electron chi connectivity index (χ2n) is 3.76. The molecule has 18 heavy (non-hydrogen) atoms. The van der Waals surface area contributed by atoms with Crippen LogP contribution in [0.3, 0.4) is 0 Å². The van der Waals surface area contributed by atoms with Gasteiger partial charge in [0.15, 0.2) is 11.6 Å². The van der Waals surface area contributed by atoms with E-state index in [4.69, 9.17) is 5.73 Å². The molecule has 2 aromatic rings. The van der Waals surface area contributed by atoms with E-state index < -0.39 is 11.6 Å². The second-order valence-corrected chi connectivity index (χ2v) is 4.61. The highest BCUT2D eigenvalue weighted by Gasteiger charge is 2.12. The number of anilines is 3. The number of hydrogen-bond donors (Lipinski definition) is 2. The number of hydrogen-bond acceptors (Lipinski definition) is 3. The highest BCUT2D eigenvalue weighted by Crippen LogP contribution is 2.31. The number of nitrogens with zero attached hydrogens (tertiary/aromatic N) is 1. The molecule has 1 heterocycles. The molecular formula is C12H10BrF2N3. The number of nitrogen functional groups attached to an aromatic ring is 1. The maximum atomic E-state index is 13.6. The summed E-state index contributed by atoms with van der Waals surface area (Å²) < 4.78 is 26.8. The Kier molecular flexibility index (Phi) is 3.47. The van der Waals surface area contributed by atoms with Gasteiger partial charge in [0.2, 0.25) is 0 Å². The number of halogens is 3. The van der Waals surface area contributed by atoms with Crippen LogP contribution in [0, 0.1) is 18.6 Å². The summed E-state index contributed by atoms with van der Waals surface area (Å²) >= 11 is 3.09. The average molecular weight is 314 g/mol. The van der Waals surface area contributed by atoms with Gasteiger partial charge in [-0.25, -0.2) is 13.8 Å². The summed E-state index contributed by atoms with van der Waals surface area (Å²) in [5, 5.41) is 2.75. The summed E-state index contributed by atoms with van der Waals surface area (Å²) in [5.41, 5.74) is 7.17. The number of nitrogens with two attached hydrogens (primary N) is 1. The number of aromatic nitrogens is 1. The number of pyridine rings is 1. The van der Waals surface area contributed by atoms with E-state index in [1.165, 1.54) is 0 Å². The molecule has 0 amide bonds. The van der Waals surface area contributed by atoms with Gasteiger partial charge < -0.3 is 11.1 Å². The Hall–Kier alpha value is -1.69. The fraction of sp³-hybridized carbons (Fsp3) is 0.0833. The molecule has 0 saturated heterocycles. The molecule has 1 aromatic heterocycles. The van der Waals surface area contributed by atoms with Crippen molar-refractivity contribution in [1.29, 1.82) is 0 Å². The fourth-order valence-corrected chi connectivity index (χ4v) is 1.96. The molecule has 6 heteroatoms. The van der Waals surface area contributed by atoms with E-state index in [1.807, 2.05) is 6.92 Å². The molecular weight excluding hydrogens is 304 g/mol. The zero-order valence-corrected chi connectivity index (χ0v) is 11.1. The van der Waals surface area contributed by atoms with Crippen LogP contribution in [0.5, 0.6) is 0 Å². The molecule has 0 spiro atoms. The molecule has 2 rings (SSSR count). The van der Waals surface area contributed by atoms with Gasteiger partial charge in [-0.2, -0.15) is 0 Å². The van der Waals surface area contributed by atoms with Crippen LogP contribution in [0.15, 0.2) is 28.9 Å². The lowest BCUT2D eigenvalue weighted by Gasteiger charge is -2.12. The lowest BCUT2D eigenvalue weighted by molar-refractivity contribution is 0.584. The molecule has 1 aromatic carbocycles. The quantitative estimate of drug-likeness (QED) is 0.887. The SMILES string of the molecule is Cc1ccnc(Nc2c(F)cc(F)cc2Br)c1N. The van der Waals surface area contributed by atoms with Crippen LogP contribution >= 0.6 is 15.9 Å². The standard InChI is InChI=1S/C12H10BrF2N3/c1-6-2-3-17-12(10(6)16)18-11-8(13)4-7(14)5-9(11)15/h2-5H,16H2,1H3,(H,17,18). The van der Waals surface area contributed by atoms with Gasteiger partial charge in [0, 0.05) is 16.7 Å². The minimum absolute atomic E-state index is 0.0983. The summed E-state index contributed by atoms with van der Waals surface area (Å²) in [6, 6.07) is 3.70. The first-order chi connectivity index (χ1) is 8.49. The minimum atomic E-state index is -0.718. The maximum Gasteiger partial charge on any atom is 0.153 e. The molecule has 3 N–H and O–H groups in total. The summed E-state index contributed by atoms with van der Waals surface area (Å²) in [7, 11) is 0. The van der Waals surface area contributed by atoms with Gasteiger partial charge in [-0.3, -0.25) is 0 Å². The monoisotopic (exact) mass is 313 g/mol. The van der Waals surface area contributed by atoms with Crippen LogP contribution < -0.4 is 11.1 Å². The lowest BCUT2D eigenvalue weighted by Crippen LogP contribution is -2.03. The van der Waals surface area contributed by atoms with Crippen molar-refractivity contribution >= 4 is 33.1 Å². The highest BCUT2D eigenvalue weighted by molar-refractivity contribution is 9.10. The number of aryl methyl sites for hydroxylation is 1. The van der Waals surface area contributed by atoms with Gasteiger partial charge in [0.1, 0.15) is 5.82 Å². The fourth-order valence-electron chi connectivity index (χ4n) is 1.45. The van der Waals surface area contributed by atoms with Gasteiger partial charge in [-0.15, -0.1) is 0 Å². The second kappa shape index (κ2) is 4.89. The number of rotatable bonds is 2. The third-order valence-corrected chi connectivity index (χ3v) is 3.08. The van der Waals surface area contributed by atoms with E-state index in [0.29, 0.717) is 11.5 Å². The summed E-state index contributed by atoms with van der Waals surface area (Å²) in [5.74, 6) is -1.04. The van der Waals surface area contributed by atoms with Crippen molar-refractivity contribution in [1.82, 2.24) is 4.98 Å². The zero-order chi connectivity index (χ0) is 13.3. The van der Waals surface area contributed by atoms with Crippen LogP contribution in [-0.2, 0) is 0 Å². The van der Waals surface area contributed by atoms with Gasteiger partial charge in [-0.1, -0.05) is 0 Å².